The molecule has 2 N–H and O–H groups in total. The number of hydrogen-bond acceptors (Lipinski definition) is 5. The number of carboxylic acid groups (broad SMARTS) is 1. The largest absolute Gasteiger partial charge is 0.493 e. The van der Waals surface area contributed by atoms with Crippen molar-refractivity contribution in [3.8, 4) is 11.5 Å². The molecule has 0 saturated carbocycles. The van der Waals surface area contributed by atoms with Crippen molar-refractivity contribution < 1.29 is 29.0 Å². The Hall–Kier alpha value is -3.08. The van der Waals surface area contributed by atoms with Crippen molar-refractivity contribution in [2.75, 3.05) is 13.7 Å². The SMILES string of the molecule is COc1cc(/C=C2/NC(=O)N(CC(=O)O)C2=O)ccc1OCc1ccc(I)cc1. The standard InChI is InChI=1S/C20H17IN2O6/c1-28-17-9-13(8-15-19(26)23(10-18(24)25)20(27)22-15)4-7-16(17)29-11-12-2-5-14(21)6-3-12/h2-9H,10-11H2,1H3,(H,22,27)(H,24,25)/b15-8+. The maximum absolute atomic E-state index is 12.2. The van der Waals surface area contributed by atoms with Gasteiger partial charge in [-0.2, -0.15) is 0 Å². The third-order valence-electron chi connectivity index (χ3n) is 4.06. The number of ether oxygens (including phenoxy) is 2. The number of nitrogens with zero attached hydrogens (tertiary/aromatic N) is 1. The molecule has 1 aliphatic heterocycles. The van der Waals surface area contributed by atoms with E-state index in [1.54, 1.807) is 18.2 Å². The Morgan fingerprint density at radius 3 is 2.55 bits per heavy atom. The Kier molecular flexibility index (Phi) is 6.37. The summed E-state index contributed by atoms with van der Waals surface area (Å²) in [5.74, 6) is -0.979. The Morgan fingerprint density at radius 2 is 1.90 bits per heavy atom. The lowest BCUT2D eigenvalue weighted by Crippen LogP contribution is -2.35. The number of carboxylic acids is 1. The molecule has 150 valence electrons. The third-order valence-corrected chi connectivity index (χ3v) is 4.78. The molecule has 29 heavy (non-hydrogen) atoms. The highest BCUT2D eigenvalue weighted by molar-refractivity contribution is 14.1. The van der Waals surface area contributed by atoms with Crippen LogP contribution in [0.2, 0.25) is 0 Å². The van der Waals surface area contributed by atoms with E-state index in [4.69, 9.17) is 14.6 Å². The number of benzene rings is 2. The molecule has 0 unspecified atom stereocenters. The van der Waals surface area contributed by atoms with E-state index < -0.39 is 24.5 Å². The first-order valence-corrected chi connectivity index (χ1v) is 9.57. The van der Waals surface area contributed by atoms with E-state index in [9.17, 15) is 14.4 Å². The summed E-state index contributed by atoms with van der Waals surface area (Å²) in [5, 5.41) is 11.2. The van der Waals surface area contributed by atoms with Crippen molar-refractivity contribution in [3.63, 3.8) is 0 Å². The Morgan fingerprint density at radius 1 is 1.17 bits per heavy atom. The first kappa shape index (κ1) is 20.6. The third kappa shape index (κ3) is 5.05. The van der Waals surface area contributed by atoms with Crippen LogP contribution in [-0.4, -0.2) is 41.6 Å². The van der Waals surface area contributed by atoms with Crippen molar-refractivity contribution in [1.82, 2.24) is 10.2 Å². The molecular weight excluding hydrogens is 491 g/mol. The van der Waals surface area contributed by atoms with Gasteiger partial charge < -0.3 is 19.9 Å². The van der Waals surface area contributed by atoms with Crippen molar-refractivity contribution in [1.29, 1.82) is 0 Å². The van der Waals surface area contributed by atoms with Crippen LogP contribution in [0.1, 0.15) is 11.1 Å². The fourth-order valence-corrected chi connectivity index (χ4v) is 3.01. The van der Waals surface area contributed by atoms with E-state index in [2.05, 4.69) is 27.9 Å². The number of carbonyl (C=O) groups is 3. The molecule has 0 bridgehead atoms. The van der Waals surface area contributed by atoms with Crippen molar-refractivity contribution in [2.24, 2.45) is 0 Å². The van der Waals surface area contributed by atoms with Crippen LogP contribution in [0.3, 0.4) is 0 Å². The molecule has 3 amide bonds. The predicted molar refractivity (Wildman–Crippen MR) is 112 cm³/mol. The number of imide groups is 1. The first-order valence-electron chi connectivity index (χ1n) is 8.49. The average molecular weight is 508 g/mol. The summed E-state index contributed by atoms with van der Waals surface area (Å²) in [6.45, 7) is -0.330. The second-order valence-corrected chi connectivity index (χ2v) is 7.34. The summed E-state index contributed by atoms with van der Waals surface area (Å²) in [5.41, 5.74) is 1.59. The van der Waals surface area contributed by atoms with Gasteiger partial charge in [-0.15, -0.1) is 0 Å². The summed E-state index contributed by atoms with van der Waals surface area (Å²) < 4.78 is 12.3. The minimum Gasteiger partial charge on any atom is -0.493 e. The van der Waals surface area contributed by atoms with E-state index in [-0.39, 0.29) is 5.70 Å². The second kappa shape index (κ2) is 8.95. The monoisotopic (exact) mass is 508 g/mol. The first-order chi connectivity index (χ1) is 13.9. The van der Waals surface area contributed by atoms with Crippen LogP contribution in [0.4, 0.5) is 4.79 Å². The highest BCUT2D eigenvalue weighted by Crippen LogP contribution is 2.30. The lowest BCUT2D eigenvalue weighted by molar-refractivity contribution is -0.140. The average Bonchev–Trinajstić information content (AvgIpc) is 2.95. The lowest BCUT2D eigenvalue weighted by atomic mass is 10.1. The van der Waals surface area contributed by atoms with Crippen molar-refractivity contribution >= 4 is 46.6 Å². The molecule has 0 spiro atoms. The number of methoxy groups -OCH3 is 1. The fraction of sp³-hybridized carbons (Fsp3) is 0.150. The van der Waals surface area contributed by atoms with Gasteiger partial charge >= 0.3 is 12.0 Å². The van der Waals surface area contributed by atoms with Crippen LogP contribution in [0.5, 0.6) is 11.5 Å². The van der Waals surface area contributed by atoms with Gasteiger partial charge in [-0.05, 0) is 64.1 Å². The number of nitrogens with one attached hydrogen (secondary N) is 1. The Balaban J connectivity index is 1.75. The van der Waals surface area contributed by atoms with Gasteiger partial charge in [0.15, 0.2) is 11.5 Å². The lowest BCUT2D eigenvalue weighted by Gasteiger charge is -2.12. The van der Waals surface area contributed by atoms with Gasteiger partial charge in [-0.1, -0.05) is 18.2 Å². The van der Waals surface area contributed by atoms with E-state index in [0.717, 1.165) is 9.13 Å². The van der Waals surface area contributed by atoms with Crippen LogP contribution in [-0.2, 0) is 16.2 Å². The van der Waals surface area contributed by atoms with Crippen molar-refractivity contribution in [3.05, 3.63) is 62.9 Å². The van der Waals surface area contributed by atoms with E-state index >= 15 is 0 Å². The molecule has 1 aliphatic rings. The van der Waals surface area contributed by atoms with Gasteiger partial charge in [0.1, 0.15) is 18.8 Å². The molecule has 1 saturated heterocycles. The molecule has 9 heteroatoms. The van der Waals surface area contributed by atoms with Gasteiger partial charge in [-0.3, -0.25) is 9.59 Å². The number of amides is 3. The van der Waals surface area contributed by atoms with Crippen LogP contribution in [0.25, 0.3) is 6.08 Å². The van der Waals surface area contributed by atoms with Crippen LogP contribution >= 0.6 is 22.6 Å². The molecule has 0 atom stereocenters. The highest BCUT2D eigenvalue weighted by atomic mass is 127. The molecule has 0 aromatic heterocycles. The number of hydrogen-bond donors (Lipinski definition) is 2. The maximum atomic E-state index is 12.2. The molecule has 0 aliphatic carbocycles. The maximum Gasteiger partial charge on any atom is 0.329 e. The number of aliphatic carboxylic acids is 1. The molecular formula is C20H17IN2O6. The number of urea groups is 1. The highest BCUT2D eigenvalue weighted by Gasteiger charge is 2.34. The minimum absolute atomic E-state index is 0.00846. The second-order valence-electron chi connectivity index (χ2n) is 6.10. The zero-order valence-electron chi connectivity index (χ0n) is 15.3. The zero-order valence-corrected chi connectivity index (χ0v) is 17.5. The molecule has 3 rings (SSSR count). The smallest absolute Gasteiger partial charge is 0.329 e. The number of carbonyl (C=O) groups excluding carboxylic acids is 2. The van der Waals surface area contributed by atoms with E-state index in [1.165, 1.54) is 13.2 Å². The molecule has 1 heterocycles. The summed E-state index contributed by atoms with van der Waals surface area (Å²) >= 11 is 2.23. The van der Waals surface area contributed by atoms with Crippen LogP contribution in [0, 0.1) is 3.57 Å². The Labute approximate surface area is 180 Å². The van der Waals surface area contributed by atoms with Crippen molar-refractivity contribution in [2.45, 2.75) is 6.61 Å². The zero-order chi connectivity index (χ0) is 21.0. The Bertz CT molecular complexity index is 987. The predicted octanol–water partition coefficient (Wildman–Crippen LogP) is 2.86. The summed E-state index contributed by atoms with van der Waals surface area (Å²) in [7, 11) is 1.50. The number of rotatable bonds is 7. The molecule has 1 fully saturated rings. The normalized spacial score (nSPS) is 14.8. The summed E-state index contributed by atoms with van der Waals surface area (Å²) in [6, 6.07) is 12.2. The van der Waals surface area contributed by atoms with Gasteiger partial charge in [0.05, 0.1) is 7.11 Å². The number of halogens is 1. The summed E-state index contributed by atoms with van der Waals surface area (Å²) in [6.07, 6.45) is 1.45. The molecule has 0 radical (unpaired) electrons. The fourth-order valence-electron chi connectivity index (χ4n) is 2.65. The van der Waals surface area contributed by atoms with Gasteiger partial charge in [0, 0.05) is 3.57 Å². The molecule has 2 aromatic rings. The minimum atomic E-state index is -1.27. The van der Waals surface area contributed by atoms with Gasteiger partial charge in [0.2, 0.25) is 0 Å². The summed E-state index contributed by atoms with van der Waals surface area (Å²) in [4.78, 5) is 35.4. The quantitative estimate of drug-likeness (QED) is 0.339. The topological polar surface area (TPSA) is 105 Å². The molecule has 8 nitrogen and oxygen atoms in total. The van der Waals surface area contributed by atoms with E-state index in [1.807, 2.05) is 24.3 Å². The van der Waals surface area contributed by atoms with Gasteiger partial charge in [0.25, 0.3) is 5.91 Å². The van der Waals surface area contributed by atoms with Gasteiger partial charge in [-0.25, -0.2) is 9.69 Å². The van der Waals surface area contributed by atoms with E-state index in [0.29, 0.717) is 28.6 Å². The van der Waals surface area contributed by atoms with Crippen LogP contribution in [0.15, 0.2) is 48.2 Å². The van der Waals surface area contributed by atoms with Crippen LogP contribution < -0.4 is 14.8 Å². The molecule has 2 aromatic carbocycles.